The zero-order chi connectivity index (χ0) is 16.2. The summed E-state index contributed by atoms with van der Waals surface area (Å²) < 4.78 is 11.0. The van der Waals surface area contributed by atoms with E-state index in [-0.39, 0.29) is 11.8 Å². The first-order valence-corrected chi connectivity index (χ1v) is 8.40. The average molecular weight is 333 g/mol. The Morgan fingerprint density at radius 2 is 2.26 bits per heavy atom. The van der Waals surface area contributed by atoms with Gasteiger partial charge in [-0.25, -0.2) is 0 Å². The zero-order valence-electron chi connectivity index (χ0n) is 13.2. The van der Waals surface area contributed by atoms with Crippen molar-refractivity contribution in [3.05, 3.63) is 33.8 Å². The molecule has 0 radical (unpaired) electrons. The van der Waals surface area contributed by atoms with Crippen LogP contribution in [0.25, 0.3) is 0 Å². The van der Waals surface area contributed by atoms with Gasteiger partial charge in [0.25, 0.3) is 0 Å². The third-order valence-electron chi connectivity index (χ3n) is 3.77. The van der Waals surface area contributed by atoms with Gasteiger partial charge in [-0.1, -0.05) is 30.4 Å². The molecule has 0 unspecified atom stereocenters. The summed E-state index contributed by atoms with van der Waals surface area (Å²) in [6, 6.07) is 5.74. The molecule has 1 aromatic heterocycles. The summed E-state index contributed by atoms with van der Waals surface area (Å²) >= 11 is 1.53. The summed E-state index contributed by atoms with van der Waals surface area (Å²) in [6.07, 6.45) is 1.51. The third-order valence-corrected chi connectivity index (χ3v) is 4.84. The molecule has 23 heavy (non-hydrogen) atoms. The average Bonchev–Trinajstić information content (AvgIpc) is 3.06. The molecule has 1 aliphatic heterocycles. The highest BCUT2D eigenvalue weighted by atomic mass is 32.1. The fourth-order valence-electron chi connectivity index (χ4n) is 2.53. The smallest absolute Gasteiger partial charge is 0.227 e. The molecule has 2 heterocycles. The topological polar surface area (TPSA) is 73.3 Å². The van der Waals surface area contributed by atoms with Crippen LogP contribution in [0.15, 0.2) is 18.2 Å². The van der Waals surface area contributed by atoms with Crippen molar-refractivity contribution in [1.82, 2.24) is 15.5 Å². The molecule has 1 aliphatic rings. The Morgan fingerprint density at radius 3 is 3.00 bits per heavy atom. The van der Waals surface area contributed by atoms with Crippen LogP contribution in [0.2, 0.25) is 0 Å². The molecule has 1 aromatic carbocycles. The van der Waals surface area contributed by atoms with Gasteiger partial charge in [0.05, 0.1) is 19.6 Å². The van der Waals surface area contributed by atoms with Gasteiger partial charge in [0.15, 0.2) is 11.5 Å². The van der Waals surface area contributed by atoms with Gasteiger partial charge in [-0.05, 0) is 24.5 Å². The number of aryl methyl sites for hydroxylation is 1. The Morgan fingerprint density at radius 1 is 1.43 bits per heavy atom. The van der Waals surface area contributed by atoms with Crippen LogP contribution in [-0.4, -0.2) is 29.8 Å². The Bertz CT molecular complexity index is 702. The van der Waals surface area contributed by atoms with Crippen LogP contribution in [0.3, 0.4) is 0 Å². The number of ether oxygens (including phenoxy) is 2. The molecule has 1 N–H and O–H groups in total. The van der Waals surface area contributed by atoms with Crippen LogP contribution in [0.1, 0.15) is 22.5 Å². The van der Waals surface area contributed by atoms with Gasteiger partial charge in [-0.15, -0.1) is 10.2 Å². The number of fused-ring (bicyclic) bond motifs is 1. The van der Waals surface area contributed by atoms with E-state index in [4.69, 9.17) is 9.47 Å². The van der Waals surface area contributed by atoms with E-state index in [9.17, 15) is 4.79 Å². The van der Waals surface area contributed by atoms with Crippen LogP contribution in [0.5, 0.6) is 11.5 Å². The van der Waals surface area contributed by atoms with Crippen molar-refractivity contribution >= 4 is 17.2 Å². The number of carbonyl (C=O) groups excluding carboxylic acids is 1. The molecule has 0 bridgehead atoms. The molecule has 0 saturated carbocycles. The van der Waals surface area contributed by atoms with Crippen LogP contribution in [0, 0.1) is 5.92 Å². The minimum absolute atomic E-state index is 0.0216. The zero-order valence-corrected chi connectivity index (χ0v) is 14.0. The van der Waals surface area contributed by atoms with E-state index in [0.717, 1.165) is 27.7 Å². The Hall–Kier alpha value is -2.15. The van der Waals surface area contributed by atoms with Crippen LogP contribution < -0.4 is 14.8 Å². The van der Waals surface area contributed by atoms with Gasteiger partial charge in [-0.3, -0.25) is 4.79 Å². The summed E-state index contributed by atoms with van der Waals surface area (Å²) in [4.78, 5) is 12.3. The lowest BCUT2D eigenvalue weighted by molar-refractivity contribution is -0.126. The first-order chi connectivity index (χ1) is 11.2. The van der Waals surface area contributed by atoms with Crippen molar-refractivity contribution in [2.24, 2.45) is 5.92 Å². The summed E-state index contributed by atoms with van der Waals surface area (Å²) in [5.74, 6) is 1.23. The highest BCUT2D eigenvalue weighted by molar-refractivity contribution is 7.11. The maximum Gasteiger partial charge on any atom is 0.227 e. The van der Waals surface area contributed by atoms with Crippen LogP contribution in [-0.2, 0) is 24.2 Å². The van der Waals surface area contributed by atoms with Gasteiger partial charge < -0.3 is 14.8 Å². The molecule has 2 aromatic rings. The normalized spacial score (nSPS) is 16.3. The van der Waals surface area contributed by atoms with Crippen molar-refractivity contribution in [1.29, 1.82) is 0 Å². The minimum atomic E-state index is -0.201. The predicted molar refractivity (Wildman–Crippen MR) is 86.8 cm³/mol. The monoisotopic (exact) mass is 333 g/mol. The lowest BCUT2D eigenvalue weighted by Crippen LogP contribution is -2.37. The summed E-state index contributed by atoms with van der Waals surface area (Å²) in [7, 11) is 1.62. The van der Waals surface area contributed by atoms with Crippen molar-refractivity contribution < 1.29 is 14.3 Å². The first kappa shape index (κ1) is 15.7. The van der Waals surface area contributed by atoms with Gasteiger partial charge >= 0.3 is 0 Å². The SMILES string of the molecule is CCc1nnc(CNC(=O)[C@H]2COc3c(cccc3OC)C2)s1. The summed E-state index contributed by atoms with van der Waals surface area (Å²) in [5.41, 5.74) is 1.000. The summed E-state index contributed by atoms with van der Waals surface area (Å²) in [5, 5.41) is 12.9. The number of nitrogens with one attached hydrogen (secondary N) is 1. The molecule has 7 heteroatoms. The molecule has 122 valence electrons. The number of rotatable bonds is 5. The fraction of sp³-hybridized carbons (Fsp3) is 0.438. The number of benzene rings is 1. The first-order valence-electron chi connectivity index (χ1n) is 7.59. The lowest BCUT2D eigenvalue weighted by Gasteiger charge is -2.25. The van der Waals surface area contributed by atoms with E-state index in [1.54, 1.807) is 7.11 Å². The number of amides is 1. The van der Waals surface area contributed by atoms with E-state index in [0.29, 0.717) is 25.3 Å². The quantitative estimate of drug-likeness (QED) is 0.906. The van der Waals surface area contributed by atoms with Crippen LogP contribution in [0.4, 0.5) is 0 Å². The van der Waals surface area contributed by atoms with E-state index < -0.39 is 0 Å². The number of hydrogen-bond donors (Lipinski definition) is 1. The molecular weight excluding hydrogens is 314 g/mol. The number of hydrogen-bond acceptors (Lipinski definition) is 6. The van der Waals surface area contributed by atoms with Gasteiger partial charge in [0, 0.05) is 0 Å². The predicted octanol–water partition coefficient (Wildman–Crippen LogP) is 1.98. The second-order valence-electron chi connectivity index (χ2n) is 5.32. The van der Waals surface area contributed by atoms with E-state index in [1.165, 1.54) is 11.3 Å². The Balaban J connectivity index is 1.60. The van der Waals surface area contributed by atoms with Gasteiger partial charge in [0.1, 0.15) is 16.6 Å². The highest BCUT2D eigenvalue weighted by Crippen LogP contribution is 2.36. The molecule has 6 nitrogen and oxygen atoms in total. The standard InChI is InChI=1S/C16H19N3O3S/c1-3-13-18-19-14(23-13)8-17-16(20)11-7-10-5-4-6-12(21-2)15(10)22-9-11/h4-6,11H,3,7-9H2,1-2H3,(H,17,20)/t11-/m1/s1. The van der Waals surface area contributed by atoms with Crippen molar-refractivity contribution in [3.8, 4) is 11.5 Å². The maximum absolute atomic E-state index is 12.3. The third kappa shape index (κ3) is 3.44. The number of nitrogens with zero attached hydrogens (tertiary/aromatic N) is 2. The molecule has 1 atom stereocenters. The van der Waals surface area contributed by atoms with Crippen molar-refractivity contribution in [3.63, 3.8) is 0 Å². The number of aromatic nitrogens is 2. The number of carbonyl (C=O) groups is 1. The molecule has 1 amide bonds. The molecule has 0 saturated heterocycles. The molecule has 0 spiro atoms. The molecule has 0 fully saturated rings. The maximum atomic E-state index is 12.3. The van der Waals surface area contributed by atoms with Crippen molar-refractivity contribution in [2.45, 2.75) is 26.3 Å². The largest absolute Gasteiger partial charge is 0.493 e. The fourth-order valence-corrected chi connectivity index (χ4v) is 3.26. The number of para-hydroxylation sites is 1. The second-order valence-corrected chi connectivity index (χ2v) is 6.47. The number of methoxy groups -OCH3 is 1. The van der Waals surface area contributed by atoms with Gasteiger partial charge in [0.2, 0.25) is 5.91 Å². The van der Waals surface area contributed by atoms with E-state index in [2.05, 4.69) is 15.5 Å². The summed E-state index contributed by atoms with van der Waals surface area (Å²) in [6.45, 7) is 2.81. The highest BCUT2D eigenvalue weighted by Gasteiger charge is 2.27. The van der Waals surface area contributed by atoms with Crippen molar-refractivity contribution in [2.75, 3.05) is 13.7 Å². The van der Waals surface area contributed by atoms with E-state index in [1.807, 2.05) is 25.1 Å². The minimum Gasteiger partial charge on any atom is -0.493 e. The molecule has 3 rings (SSSR count). The molecular formula is C16H19N3O3S. The van der Waals surface area contributed by atoms with E-state index >= 15 is 0 Å². The molecule has 0 aliphatic carbocycles. The lowest BCUT2D eigenvalue weighted by atomic mass is 9.95. The van der Waals surface area contributed by atoms with Gasteiger partial charge in [-0.2, -0.15) is 0 Å². The second kappa shape index (κ2) is 6.95. The Kier molecular flexibility index (Phi) is 4.76. The Labute approximate surface area is 138 Å². The van der Waals surface area contributed by atoms with Crippen LogP contribution >= 0.6 is 11.3 Å².